The molecule has 0 N–H and O–H groups in total. The summed E-state index contributed by atoms with van der Waals surface area (Å²) in [6.07, 6.45) is 0. The third kappa shape index (κ3) is 6.95. The van der Waals surface area contributed by atoms with Crippen molar-refractivity contribution in [2.45, 2.75) is 6.54 Å². The zero-order valence-electron chi connectivity index (χ0n) is 21.2. The predicted molar refractivity (Wildman–Crippen MR) is 142 cm³/mol. The molecule has 0 unspecified atom stereocenters. The smallest absolute Gasteiger partial charge is 0.253 e. The van der Waals surface area contributed by atoms with E-state index >= 15 is 0 Å². The van der Waals surface area contributed by atoms with Gasteiger partial charge in [-0.25, -0.2) is 4.39 Å². The molecule has 2 fully saturated rings. The molecule has 0 atom stereocenters. The third-order valence-electron chi connectivity index (χ3n) is 7.03. The van der Waals surface area contributed by atoms with Gasteiger partial charge in [-0.15, -0.1) is 0 Å². The highest BCUT2D eigenvalue weighted by molar-refractivity contribution is 5.95. The SMILES string of the molecule is O=C(c1cccc(-c2ccc(F)cc2)c1)N1CCN(CCOc2cccc(CN3CCOCC3)c2)CC1. The van der Waals surface area contributed by atoms with E-state index in [1.807, 2.05) is 35.2 Å². The molecule has 0 aliphatic carbocycles. The summed E-state index contributed by atoms with van der Waals surface area (Å²) in [6.45, 7) is 8.94. The van der Waals surface area contributed by atoms with Crippen molar-refractivity contribution in [3.63, 3.8) is 0 Å². The van der Waals surface area contributed by atoms with Gasteiger partial charge in [0.15, 0.2) is 0 Å². The summed E-state index contributed by atoms with van der Waals surface area (Å²) >= 11 is 0. The van der Waals surface area contributed by atoms with Crippen LogP contribution in [0.5, 0.6) is 5.75 Å². The van der Waals surface area contributed by atoms with Crippen LogP contribution in [0.3, 0.4) is 0 Å². The number of ether oxygens (including phenoxy) is 2. The van der Waals surface area contributed by atoms with Crippen LogP contribution in [0.1, 0.15) is 15.9 Å². The molecular formula is C30H34FN3O3. The van der Waals surface area contributed by atoms with E-state index < -0.39 is 0 Å². The lowest BCUT2D eigenvalue weighted by Gasteiger charge is -2.34. The maximum atomic E-state index is 13.3. The van der Waals surface area contributed by atoms with E-state index in [1.54, 1.807) is 12.1 Å². The molecule has 6 nitrogen and oxygen atoms in total. The first kappa shape index (κ1) is 25.4. The van der Waals surface area contributed by atoms with Gasteiger partial charge >= 0.3 is 0 Å². The number of piperazine rings is 1. The van der Waals surface area contributed by atoms with Crippen LogP contribution in [0.4, 0.5) is 4.39 Å². The highest BCUT2D eigenvalue weighted by atomic mass is 19.1. The summed E-state index contributed by atoms with van der Waals surface area (Å²) in [5.41, 5.74) is 3.73. The van der Waals surface area contributed by atoms with Gasteiger partial charge in [0.2, 0.25) is 0 Å². The number of hydrogen-bond acceptors (Lipinski definition) is 5. The molecule has 2 saturated heterocycles. The van der Waals surface area contributed by atoms with Crippen molar-refractivity contribution in [1.82, 2.24) is 14.7 Å². The van der Waals surface area contributed by atoms with Gasteiger partial charge in [0.05, 0.1) is 13.2 Å². The van der Waals surface area contributed by atoms with Gasteiger partial charge in [-0.1, -0.05) is 36.4 Å². The minimum Gasteiger partial charge on any atom is -0.492 e. The number of benzene rings is 3. The molecule has 0 aromatic heterocycles. The Morgan fingerprint density at radius 2 is 1.57 bits per heavy atom. The van der Waals surface area contributed by atoms with Gasteiger partial charge in [0, 0.05) is 57.9 Å². The van der Waals surface area contributed by atoms with Crippen LogP contribution in [0.25, 0.3) is 11.1 Å². The maximum absolute atomic E-state index is 13.3. The number of carbonyl (C=O) groups excluding carboxylic acids is 1. The van der Waals surface area contributed by atoms with E-state index in [1.165, 1.54) is 17.7 Å². The van der Waals surface area contributed by atoms with Crippen molar-refractivity contribution in [1.29, 1.82) is 0 Å². The van der Waals surface area contributed by atoms with Crippen LogP contribution in [0.15, 0.2) is 72.8 Å². The molecule has 2 heterocycles. The minimum atomic E-state index is -0.267. The molecule has 3 aromatic carbocycles. The lowest BCUT2D eigenvalue weighted by molar-refractivity contribution is 0.0341. The van der Waals surface area contributed by atoms with Crippen molar-refractivity contribution in [3.05, 3.63) is 89.7 Å². The number of amides is 1. The lowest BCUT2D eigenvalue weighted by Crippen LogP contribution is -2.49. The Balaban J connectivity index is 1.07. The molecule has 3 aromatic rings. The molecule has 37 heavy (non-hydrogen) atoms. The molecule has 1 amide bonds. The van der Waals surface area contributed by atoms with E-state index in [-0.39, 0.29) is 11.7 Å². The van der Waals surface area contributed by atoms with Gasteiger partial charge in [0.1, 0.15) is 18.2 Å². The molecular weight excluding hydrogens is 469 g/mol. The average molecular weight is 504 g/mol. The summed E-state index contributed by atoms with van der Waals surface area (Å²) in [7, 11) is 0. The number of rotatable bonds is 8. The minimum absolute atomic E-state index is 0.0388. The van der Waals surface area contributed by atoms with Gasteiger partial charge in [-0.2, -0.15) is 0 Å². The van der Waals surface area contributed by atoms with Crippen LogP contribution >= 0.6 is 0 Å². The first-order chi connectivity index (χ1) is 18.1. The number of hydrogen-bond donors (Lipinski definition) is 0. The van der Waals surface area contributed by atoms with Crippen LogP contribution in [-0.2, 0) is 11.3 Å². The maximum Gasteiger partial charge on any atom is 0.253 e. The zero-order valence-corrected chi connectivity index (χ0v) is 21.2. The molecule has 194 valence electrons. The Kier molecular flexibility index (Phi) is 8.46. The molecule has 0 spiro atoms. The highest BCUT2D eigenvalue weighted by Gasteiger charge is 2.22. The normalized spacial score (nSPS) is 17.1. The highest BCUT2D eigenvalue weighted by Crippen LogP contribution is 2.22. The Morgan fingerprint density at radius 3 is 2.35 bits per heavy atom. The van der Waals surface area contributed by atoms with Gasteiger partial charge in [-0.05, 0) is 53.1 Å². The number of carbonyl (C=O) groups is 1. The second-order valence-corrected chi connectivity index (χ2v) is 9.61. The number of nitrogens with zero attached hydrogens (tertiary/aromatic N) is 3. The topological polar surface area (TPSA) is 45.2 Å². The summed E-state index contributed by atoms with van der Waals surface area (Å²) in [5.74, 6) is 0.675. The zero-order chi connectivity index (χ0) is 25.5. The van der Waals surface area contributed by atoms with Crippen molar-refractivity contribution in [3.8, 4) is 16.9 Å². The molecule has 7 heteroatoms. The molecule has 0 saturated carbocycles. The quantitative estimate of drug-likeness (QED) is 0.462. The predicted octanol–water partition coefficient (Wildman–Crippen LogP) is 4.16. The fourth-order valence-electron chi connectivity index (χ4n) is 4.87. The average Bonchev–Trinajstić information content (AvgIpc) is 2.94. The molecule has 0 radical (unpaired) electrons. The van der Waals surface area contributed by atoms with Crippen LogP contribution in [-0.4, -0.2) is 86.2 Å². The van der Waals surface area contributed by atoms with Crippen LogP contribution in [0.2, 0.25) is 0 Å². The van der Waals surface area contributed by atoms with Crippen LogP contribution < -0.4 is 4.74 Å². The Morgan fingerprint density at radius 1 is 0.811 bits per heavy atom. The fraction of sp³-hybridized carbons (Fsp3) is 0.367. The Bertz CT molecular complexity index is 1170. The van der Waals surface area contributed by atoms with Crippen molar-refractivity contribution in [2.24, 2.45) is 0 Å². The summed E-state index contributed by atoms with van der Waals surface area (Å²) in [5, 5.41) is 0. The van der Waals surface area contributed by atoms with Gasteiger partial charge in [-0.3, -0.25) is 14.6 Å². The van der Waals surface area contributed by atoms with E-state index in [0.29, 0.717) is 25.3 Å². The van der Waals surface area contributed by atoms with E-state index in [2.05, 4.69) is 28.0 Å². The second-order valence-electron chi connectivity index (χ2n) is 9.61. The lowest BCUT2D eigenvalue weighted by atomic mass is 10.0. The van der Waals surface area contributed by atoms with Gasteiger partial charge < -0.3 is 14.4 Å². The molecule has 0 bridgehead atoms. The molecule has 2 aliphatic heterocycles. The Labute approximate surface area is 218 Å². The number of halogens is 1. The van der Waals surface area contributed by atoms with Crippen LogP contribution in [0, 0.1) is 5.82 Å². The van der Waals surface area contributed by atoms with E-state index in [4.69, 9.17) is 9.47 Å². The third-order valence-corrected chi connectivity index (χ3v) is 7.03. The molecule has 2 aliphatic rings. The largest absolute Gasteiger partial charge is 0.492 e. The second kappa shape index (κ2) is 12.3. The fourth-order valence-corrected chi connectivity index (χ4v) is 4.87. The first-order valence-electron chi connectivity index (χ1n) is 13.0. The molecule has 5 rings (SSSR count). The summed E-state index contributed by atoms with van der Waals surface area (Å²) in [6, 6.07) is 22.3. The van der Waals surface area contributed by atoms with Gasteiger partial charge in [0.25, 0.3) is 5.91 Å². The standard InChI is InChI=1S/C30H34FN3O3/c31-28-9-7-25(8-10-28)26-4-2-5-27(22-26)30(35)34-13-11-32(12-14-34)17-20-37-29-6-1-3-24(21-29)23-33-15-18-36-19-16-33/h1-10,21-22H,11-20,23H2. The number of morpholine rings is 1. The van der Waals surface area contributed by atoms with E-state index in [0.717, 1.165) is 69.4 Å². The first-order valence-corrected chi connectivity index (χ1v) is 13.0. The summed E-state index contributed by atoms with van der Waals surface area (Å²) in [4.78, 5) is 19.8. The summed E-state index contributed by atoms with van der Waals surface area (Å²) < 4.78 is 24.8. The Hall–Kier alpha value is -3.26. The van der Waals surface area contributed by atoms with E-state index in [9.17, 15) is 9.18 Å². The van der Waals surface area contributed by atoms with Crippen molar-refractivity contribution < 1.29 is 18.7 Å². The monoisotopic (exact) mass is 503 g/mol. The van der Waals surface area contributed by atoms with Crippen molar-refractivity contribution >= 4 is 5.91 Å². The van der Waals surface area contributed by atoms with Crippen molar-refractivity contribution in [2.75, 3.05) is 65.6 Å².